The molecular weight excluding hydrogens is 666 g/mol. The molecule has 0 saturated carbocycles. The van der Waals surface area contributed by atoms with Gasteiger partial charge in [-0.25, -0.2) is 0 Å². The lowest BCUT2D eigenvalue weighted by atomic mass is 10.1. The summed E-state index contributed by atoms with van der Waals surface area (Å²) in [5, 5.41) is 11.6. The predicted molar refractivity (Wildman–Crippen MR) is 217 cm³/mol. The van der Waals surface area contributed by atoms with Crippen LogP contribution in [-0.4, -0.2) is 75.5 Å². The predicted octanol–water partition coefficient (Wildman–Crippen LogP) is 9.24. The van der Waals surface area contributed by atoms with Crippen molar-refractivity contribution in [2.75, 3.05) is 41.0 Å². The van der Waals surface area contributed by atoms with Crippen LogP contribution in [0.25, 0.3) is 0 Å². The van der Waals surface area contributed by atoms with E-state index in [2.05, 4.69) is 26.0 Å². The molecule has 53 heavy (non-hydrogen) atoms. The van der Waals surface area contributed by atoms with Gasteiger partial charge in [0.05, 0.1) is 40.3 Å². The van der Waals surface area contributed by atoms with Gasteiger partial charge >= 0.3 is 11.9 Å². The van der Waals surface area contributed by atoms with Gasteiger partial charge in [-0.3, -0.25) is 9.59 Å². The first-order chi connectivity index (χ1) is 25.6. The smallest absolute Gasteiger partial charge is 0.306 e. The van der Waals surface area contributed by atoms with Crippen LogP contribution in [0.2, 0.25) is 0 Å². The van der Waals surface area contributed by atoms with Crippen LogP contribution in [0.5, 0.6) is 0 Å². The van der Waals surface area contributed by atoms with Crippen LogP contribution < -0.4 is 5.11 Å². The standard InChI is InChI=1S/C45H73NO7/c1-6-8-10-12-14-16-18-19-20-21-22-23-24-25-26-28-30-32-34-36-44(48)53-41(39-51-38-37-42(45(49)50)46(3,4)5)40-52-43(47)35-33-31-29-27-17-15-13-11-9-7-2/h8,10,12,14,16,18-26,41-42H,6-7,9,11,13,15,17,27-40H2,1-5H3/b10-8+,14-12+,18-16+,20-19+,22-21+,24-23+,26-25+. The number of quaternary nitrogens is 1. The van der Waals surface area contributed by atoms with E-state index in [0.717, 1.165) is 44.9 Å². The normalized spacial score (nSPS) is 13.9. The molecule has 0 aliphatic heterocycles. The molecule has 300 valence electrons. The van der Waals surface area contributed by atoms with Crippen LogP contribution in [0.1, 0.15) is 129 Å². The lowest BCUT2D eigenvalue weighted by Crippen LogP contribution is -2.55. The van der Waals surface area contributed by atoms with Crippen LogP contribution >= 0.6 is 0 Å². The van der Waals surface area contributed by atoms with E-state index in [9.17, 15) is 19.5 Å². The Labute approximate surface area is 323 Å². The second-order valence-corrected chi connectivity index (χ2v) is 14.3. The molecule has 0 heterocycles. The topological polar surface area (TPSA) is 102 Å². The molecule has 0 fully saturated rings. The number of aliphatic carboxylic acids is 1. The third-order valence-corrected chi connectivity index (χ3v) is 8.49. The summed E-state index contributed by atoms with van der Waals surface area (Å²) in [6.45, 7) is 4.42. The molecule has 0 aromatic carbocycles. The average molecular weight is 740 g/mol. The summed E-state index contributed by atoms with van der Waals surface area (Å²) in [4.78, 5) is 36.7. The molecule has 8 nitrogen and oxygen atoms in total. The summed E-state index contributed by atoms with van der Waals surface area (Å²) in [5.74, 6) is -1.81. The number of hydrogen-bond acceptors (Lipinski definition) is 7. The van der Waals surface area contributed by atoms with Crippen LogP contribution in [-0.2, 0) is 28.6 Å². The number of hydrogen-bond donors (Lipinski definition) is 0. The van der Waals surface area contributed by atoms with Gasteiger partial charge in [0.2, 0.25) is 0 Å². The van der Waals surface area contributed by atoms with Crippen molar-refractivity contribution in [3.63, 3.8) is 0 Å². The van der Waals surface area contributed by atoms with Crippen molar-refractivity contribution in [2.24, 2.45) is 0 Å². The van der Waals surface area contributed by atoms with Gasteiger partial charge < -0.3 is 28.6 Å². The maximum Gasteiger partial charge on any atom is 0.306 e. The largest absolute Gasteiger partial charge is 0.544 e. The monoisotopic (exact) mass is 740 g/mol. The van der Waals surface area contributed by atoms with Crippen molar-refractivity contribution in [1.82, 2.24) is 0 Å². The minimum atomic E-state index is -1.14. The zero-order valence-corrected chi connectivity index (χ0v) is 33.9. The first-order valence-electron chi connectivity index (χ1n) is 20.2. The zero-order valence-electron chi connectivity index (χ0n) is 33.9. The van der Waals surface area contributed by atoms with Gasteiger partial charge in [0.1, 0.15) is 12.6 Å². The molecule has 2 atom stereocenters. The lowest BCUT2D eigenvalue weighted by Gasteiger charge is -2.34. The summed E-state index contributed by atoms with van der Waals surface area (Å²) in [5.41, 5.74) is 0. The number of carboxylic acid groups (broad SMARTS) is 1. The number of carbonyl (C=O) groups is 3. The number of likely N-dealkylation sites (N-methyl/N-ethyl adjacent to an activating group) is 1. The van der Waals surface area contributed by atoms with Crippen molar-refractivity contribution in [2.45, 2.75) is 142 Å². The van der Waals surface area contributed by atoms with Gasteiger partial charge in [0, 0.05) is 19.3 Å². The van der Waals surface area contributed by atoms with E-state index in [0.29, 0.717) is 12.8 Å². The van der Waals surface area contributed by atoms with Crippen molar-refractivity contribution in [1.29, 1.82) is 0 Å². The van der Waals surface area contributed by atoms with Crippen molar-refractivity contribution in [3.8, 4) is 0 Å². The van der Waals surface area contributed by atoms with Gasteiger partial charge in [0.15, 0.2) is 6.10 Å². The van der Waals surface area contributed by atoms with Gasteiger partial charge in [-0.1, -0.05) is 163 Å². The molecular formula is C45H73NO7. The number of allylic oxidation sites excluding steroid dienone is 14. The Morgan fingerprint density at radius 1 is 0.585 bits per heavy atom. The number of carbonyl (C=O) groups excluding carboxylic acids is 3. The molecule has 0 spiro atoms. The molecule has 0 bridgehead atoms. The number of rotatable bonds is 34. The molecule has 0 aromatic rings. The number of ether oxygens (including phenoxy) is 3. The fourth-order valence-corrected chi connectivity index (χ4v) is 5.35. The fourth-order valence-electron chi connectivity index (χ4n) is 5.35. The van der Waals surface area contributed by atoms with Crippen molar-refractivity contribution in [3.05, 3.63) is 85.1 Å². The molecule has 0 aliphatic rings. The highest BCUT2D eigenvalue weighted by molar-refractivity contribution is 5.70. The Morgan fingerprint density at radius 3 is 1.57 bits per heavy atom. The number of esters is 2. The summed E-state index contributed by atoms with van der Waals surface area (Å²) in [6.07, 6.45) is 44.6. The van der Waals surface area contributed by atoms with E-state index < -0.39 is 18.1 Å². The second kappa shape index (κ2) is 35.5. The van der Waals surface area contributed by atoms with E-state index in [1.807, 2.05) is 72.9 Å². The van der Waals surface area contributed by atoms with Crippen LogP contribution in [0, 0.1) is 0 Å². The second-order valence-electron chi connectivity index (χ2n) is 14.3. The molecule has 0 N–H and O–H groups in total. The van der Waals surface area contributed by atoms with Crippen LogP contribution in [0.3, 0.4) is 0 Å². The minimum absolute atomic E-state index is 0.0177. The Morgan fingerprint density at radius 2 is 1.06 bits per heavy atom. The zero-order chi connectivity index (χ0) is 39.3. The van der Waals surface area contributed by atoms with Crippen LogP contribution in [0.15, 0.2) is 85.1 Å². The van der Waals surface area contributed by atoms with E-state index >= 15 is 0 Å². The third kappa shape index (κ3) is 34.1. The van der Waals surface area contributed by atoms with Crippen molar-refractivity contribution < 1.29 is 38.2 Å². The molecule has 0 rings (SSSR count). The highest BCUT2D eigenvalue weighted by Gasteiger charge is 2.25. The van der Waals surface area contributed by atoms with Gasteiger partial charge in [-0.15, -0.1) is 0 Å². The third-order valence-electron chi connectivity index (χ3n) is 8.49. The Balaban J connectivity index is 4.53. The number of unbranched alkanes of at least 4 members (excludes halogenated alkanes) is 12. The highest BCUT2D eigenvalue weighted by atomic mass is 16.6. The maximum absolute atomic E-state index is 12.7. The summed E-state index contributed by atoms with van der Waals surface area (Å²) in [7, 11) is 5.37. The van der Waals surface area contributed by atoms with Crippen LogP contribution in [0.4, 0.5) is 0 Å². The number of nitrogens with zero attached hydrogens (tertiary/aromatic N) is 1. The fraction of sp³-hybridized carbons (Fsp3) is 0.622. The Kier molecular flexibility index (Phi) is 33.2. The highest BCUT2D eigenvalue weighted by Crippen LogP contribution is 2.13. The molecule has 0 saturated heterocycles. The first kappa shape index (κ1) is 49.5. The van der Waals surface area contributed by atoms with E-state index in [1.54, 1.807) is 21.1 Å². The molecule has 2 unspecified atom stereocenters. The summed E-state index contributed by atoms with van der Waals surface area (Å²) in [6, 6.07) is -0.737. The summed E-state index contributed by atoms with van der Waals surface area (Å²) >= 11 is 0. The lowest BCUT2D eigenvalue weighted by molar-refractivity contribution is -0.889. The number of carboxylic acids is 1. The molecule has 0 aliphatic carbocycles. The van der Waals surface area contributed by atoms with Gasteiger partial charge in [-0.05, 0) is 32.1 Å². The van der Waals surface area contributed by atoms with Crippen molar-refractivity contribution >= 4 is 17.9 Å². The Hall–Kier alpha value is -3.49. The first-order valence-corrected chi connectivity index (χ1v) is 20.2. The SMILES string of the molecule is CC/C=C/C=C/C=C/C=C/C=C/C=C/C=C/CCCCCC(=O)OC(COCCC(C(=O)[O-])[N+](C)(C)C)COC(=O)CCCCCCCCCCCC. The van der Waals surface area contributed by atoms with E-state index in [1.165, 1.54) is 44.9 Å². The average Bonchev–Trinajstić information content (AvgIpc) is 3.11. The molecule has 0 amide bonds. The summed E-state index contributed by atoms with van der Waals surface area (Å²) < 4.78 is 17.0. The van der Waals surface area contributed by atoms with Gasteiger partial charge in [0.25, 0.3) is 0 Å². The van der Waals surface area contributed by atoms with E-state index in [4.69, 9.17) is 14.2 Å². The molecule has 0 radical (unpaired) electrons. The quantitative estimate of drug-likeness (QED) is 0.0281. The Bertz CT molecular complexity index is 1140. The van der Waals surface area contributed by atoms with Gasteiger partial charge in [-0.2, -0.15) is 0 Å². The van der Waals surface area contributed by atoms with E-state index in [-0.39, 0.29) is 49.1 Å². The maximum atomic E-state index is 12.7. The molecule has 8 heteroatoms. The molecule has 0 aromatic heterocycles. The minimum Gasteiger partial charge on any atom is -0.544 e.